The highest BCUT2D eigenvalue weighted by atomic mass is 16.8. The van der Waals surface area contributed by atoms with E-state index in [9.17, 15) is 59.2 Å². The number of esters is 2. The molecule has 0 aromatic heterocycles. The molecule has 16 atom stereocenters. The summed E-state index contributed by atoms with van der Waals surface area (Å²) in [7, 11) is 5.92. The van der Waals surface area contributed by atoms with Crippen molar-refractivity contribution in [3.05, 3.63) is 116 Å². The quantitative estimate of drug-likeness (QED) is 0.0244. The van der Waals surface area contributed by atoms with E-state index in [4.69, 9.17) is 52.2 Å². The third kappa shape index (κ3) is 21.6. The van der Waals surface area contributed by atoms with Crippen molar-refractivity contribution in [3.63, 3.8) is 0 Å². The van der Waals surface area contributed by atoms with Crippen LogP contribution >= 0.6 is 0 Å². The van der Waals surface area contributed by atoms with Crippen LogP contribution in [0.2, 0.25) is 0 Å². The van der Waals surface area contributed by atoms with Crippen molar-refractivity contribution in [3.8, 4) is 11.5 Å². The third-order valence-corrected chi connectivity index (χ3v) is 18.2. The highest BCUT2D eigenvalue weighted by Crippen LogP contribution is 2.39. The molecule has 1 aliphatic carbocycles. The van der Waals surface area contributed by atoms with Gasteiger partial charge >= 0.3 is 24.2 Å². The lowest BCUT2D eigenvalue weighted by atomic mass is 9.78. The Balaban J connectivity index is 1.30. The Morgan fingerprint density at radius 3 is 2.00 bits per heavy atom. The molecule has 6 rings (SSSR count). The SMILES string of the molecule is CO[C@H]1C[C@@H]2CC[C@@H](C)[C@@](O)(O2)C(=O)C(=O)N2CCCC[C@H]2C(=O)O[C@H]([C@H](C)C[C@@H]2CC[C@@H](OC(=O)Oc3ccc([N+](=O)[O-])cc3)[C@H](OC)C2)C[C@@H](OC)[C@H](C)/C=C(\C)[C@@H](O)[C@@H](OC)/C(=N/OCC(=O)OC(=O)Oc2ccc([N+](=O)[O-])cc2)[C@H](C)C[C@H](C)/C=C/C=CC=C1C. The molecule has 2 aromatic rings. The van der Waals surface area contributed by atoms with Crippen LogP contribution in [-0.4, -0.2) is 169 Å². The van der Waals surface area contributed by atoms with Gasteiger partial charge < -0.3 is 67.3 Å². The summed E-state index contributed by atoms with van der Waals surface area (Å²) in [4.78, 5) is 110. The number of oxime groups is 1. The lowest BCUT2D eigenvalue weighted by Crippen LogP contribution is -2.61. The van der Waals surface area contributed by atoms with Gasteiger partial charge in [-0.2, -0.15) is 0 Å². The number of ether oxygens (including phenoxy) is 10. The number of hydrogen-bond donors (Lipinski definition) is 2. The van der Waals surface area contributed by atoms with Gasteiger partial charge in [-0.25, -0.2) is 19.2 Å². The topological polar surface area (TPSA) is 346 Å². The van der Waals surface area contributed by atoms with Gasteiger partial charge in [-0.15, -0.1) is 0 Å². The van der Waals surface area contributed by atoms with Gasteiger partial charge in [0.25, 0.3) is 23.1 Å². The predicted octanol–water partition coefficient (Wildman–Crippen LogP) is 10.2. The molecule has 1 saturated carbocycles. The molecule has 95 heavy (non-hydrogen) atoms. The van der Waals surface area contributed by atoms with E-state index in [2.05, 4.69) is 5.16 Å². The summed E-state index contributed by atoms with van der Waals surface area (Å²) in [6, 6.07) is 8.28. The van der Waals surface area contributed by atoms with Crippen molar-refractivity contribution >= 4 is 53.0 Å². The predicted molar refractivity (Wildman–Crippen MR) is 343 cm³/mol. The van der Waals surface area contributed by atoms with Crippen molar-refractivity contribution in [1.29, 1.82) is 0 Å². The first-order chi connectivity index (χ1) is 45.2. The van der Waals surface area contributed by atoms with Crippen LogP contribution in [-0.2, 0) is 61.9 Å². The van der Waals surface area contributed by atoms with Crippen molar-refractivity contribution in [2.24, 2.45) is 40.7 Å². The van der Waals surface area contributed by atoms with Crippen molar-refractivity contribution in [1.82, 2.24) is 4.90 Å². The highest BCUT2D eigenvalue weighted by molar-refractivity contribution is 6.39. The first-order valence-electron chi connectivity index (χ1n) is 32.1. The number of piperidine rings is 1. The Labute approximate surface area is 553 Å². The van der Waals surface area contributed by atoms with E-state index >= 15 is 0 Å². The van der Waals surface area contributed by atoms with Gasteiger partial charge in [0.1, 0.15) is 42.0 Å². The maximum absolute atomic E-state index is 14.9. The second-order valence-electron chi connectivity index (χ2n) is 25.2. The van der Waals surface area contributed by atoms with E-state index in [1.54, 1.807) is 27.0 Å². The van der Waals surface area contributed by atoms with Crippen molar-refractivity contribution in [2.45, 2.75) is 186 Å². The molecule has 27 heteroatoms. The van der Waals surface area contributed by atoms with Crippen LogP contribution in [0.15, 0.2) is 101 Å². The molecule has 0 radical (unpaired) electrons. The number of aliphatic hydroxyl groups excluding tert-OH is 1. The molecule has 3 fully saturated rings. The van der Waals surface area contributed by atoms with E-state index < -0.39 is 137 Å². The molecule has 2 aromatic carbocycles. The lowest BCUT2D eigenvalue weighted by molar-refractivity contribution is -0.385. The molecule has 3 heterocycles. The average molecular weight is 1330 g/mol. The highest BCUT2D eigenvalue weighted by Gasteiger charge is 2.53. The molecule has 2 N–H and O–H groups in total. The molecule has 27 nitrogen and oxygen atoms in total. The molecule has 2 bridgehead atoms. The van der Waals surface area contributed by atoms with E-state index in [-0.39, 0.29) is 66.2 Å². The van der Waals surface area contributed by atoms with Gasteiger partial charge in [0.2, 0.25) is 12.4 Å². The number of Topliss-reactive ketones (excluding diaryl/α,β-unsaturated/α-hetero) is 1. The Kier molecular flexibility index (Phi) is 29.2. The maximum atomic E-state index is 14.9. The number of amides is 1. The second-order valence-corrected chi connectivity index (χ2v) is 25.2. The molecular formula is C68H92N4O23. The normalized spacial score (nSPS) is 31.2. The van der Waals surface area contributed by atoms with Crippen molar-refractivity contribution in [2.75, 3.05) is 41.6 Å². The zero-order valence-electron chi connectivity index (χ0n) is 55.9. The standard InChI is InChI=1S/C68H92N4O23/c1-40-17-13-12-14-18-41(2)55(85-8)37-52-26-20-46(7)68(80,95-52)63(75)64(76)70-32-16-15-19-53(70)65(77)92-57(43(4)35-47-21-31-54(58(36-47)87-10)93-66(78)90-50-27-22-48(23-28-50)71(81)82)38-56(86-9)42(3)34-45(6)61(74)62(88-11)60(44(5)33-40)69-89-39-59(73)94-67(79)91-51-29-24-49(25-30-51)72(83)84/h12-14,17-18,22-25,27-30,34,40,42-44,46-47,52-58,61-62,74,80H,15-16,19-21,26,31-33,35-39H2,1-11H3/b14-12?,17-13+,41-18?,45-34+,69-60+/t40-,42-,43-,44-,46-,47+,52+,53+,54-,55+,56-,57+,58-,61-,62+,68-/m1/s1. The first kappa shape index (κ1) is 76.2. The van der Waals surface area contributed by atoms with E-state index in [1.165, 1.54) is 50.5 Å². The number of nitrogens with zero attached hydrogens (tertiary/aromatic N) is 4. The molecule has 0 unspecified atom stereocenters. The van der Waals surface area contributed by atoms with Gasteiger partial charge in [0.15, 0.2) is 0 Å². The number of benzene rings is 2. The Morgan fingerprint density at radius 2 is 1.39 bits per heavy atom. The van der Waals surface area contributed by atoms with Gasteiger partial charge in [0, 0.05) is 89.8 Å². The van der Waals surface area contributed by atoms with Gasteiger partial charge in [-0.1, -0.05) is 76.2 Å². The van der Waals surface area contributed by atoms with E-state index in [1.807, 2.05) is 65.0 Å². The zero-order chi connectivity index (χ0) is 69.7. The summed E-state index contributed by atoms with van der Waals surface area (Å²) in [5, 5.41) is 51.0. The molecule has 522 valence electrons. The van der Waals surface area contributed by atoms with Crippen molar-refractivity contribution < 1.29 is 101 Å². The number of fused-ring (bicyclic) bond motifs is 3. The summed E-state index contributed by atoms with van der Waals surface area (Å²) in [5.74, 6) is -9.15. The fourth-order valence-corrected chi connectivity index (χ4v) is 12.7. The average Bonchev–Trinajstić information content (AvgIpc) is 0.778. The number of carbonyl (C=O) groups excluding carboxylic acids is 6. The second kappa shape index (κ2) is 36.4. The number of nitro groups is 2. The van der Waals surface area contributed by atoms with Crippen LogP contribution in [0.3, 0.4) is 0 Å². The zero-order valence-corrected chi connectivity index (χ0v) is 55.9. The van der Waals surface area contributed by atoms with Crippen LogP contribution in [0, 0.1) is 55.7 Å². The lowest BCUT2D eigenvalue weighted by Gasteiger charge is -2.43. The minimum absolute atomic E-state index is 0.0294. The van der Waals surface area contributed by atoms with E-state index in [0.717, 1.165) is 29.8 Å². The van der Waals surface area contributed by atoms with Gasteiger partial charge in [-0.05, 0) is 131 Å². The number of ketones is 1. The summed E-state index contributed by atoms with van der Waals surface area (Å²) < 4.78 is 57.6. The van der Waals surface area contributed by atoms with Crippen LogP contribution in [0.1, 0.15) is 126 Å². The van der Waals surface area contributed by atoms with Gasteiger partial charge in [-0.3, -0.25) is 29.8 Å². The van der Waals surface area contributed by atoms with E-state index in [0.29, 0.717) is 63.4 Å². The number of methoxy groups -OCH3 is 4. The summed E-state index contributed by atoms with van der Waals surface area (Å²) in [5.41, 5.74) is 0.980. The summed E-state index contributed by atoms with van der Waals surface area (Å²) in [6.45, 7) is 12.0. The summed E-state index contributed by atoms with van der Waals surface area (Å²) >= 11 is 0. The summed E-state index contributed by atoms with van der Waals surface area (Å²) in [6.07, 6.45) is 6.61. The Bertz CT molecular complexity index is 3110. The Hall–Kier alpha value is -7.79. The number of cyclic esters (lactones) is 1. The van der Waals surface area contributed by atoms with Crippen LogP contribution < -0.4 is 9.47 Å². The minimum atomic E-state index is -2.51. The monoisotopic (exact) mass is 1330 g/mol. The van der Waals surface area contributed by atoms with Gasteiger partial charge in [0.05, 0.1) is 40.0 Å². The van der Waals surface area contributed by atoms with Crippen LogP contribution in [0.25, 0.3) is 0 Å². The number of rotatable bonds is 15. The number of hydrogen-bond acceptors (Lipinski definition) is 24. The largest absolute Gasteiger partial charge is 0.521 e. The van der Waals surface area contributed by atoms with Crippen LogP contribution in [0.5, 0.6) is 11.5 Å². The molecule has 3 aliphatic heterocycles. The fraction of sp³-hybridized carbons (Fsp3) is 0.603. The number of nitro benzene ring substituents is 2. The molecular weight excluding hydrogens is 1240 g/mol. The first-order valence-corrected chi connectivity index (χ1v) is 32.1. The molecule has 4 aliphatic rings. The molecule has 2 saturated heterocycles. The maximum Gasteiger partial charge on any atom is 0.521 e. The Morgan fingerprint density at radius 1 is 0.747 bits per heavy atom. The number of carbonyl (C=O) groups is 6. The molecule has 0 spiro atoms. The number of non-ortho nitro benzene ring substituents is 2. The fourth-order valence-electron chi connectivity index (χ4n) is 12.7. The smallest absolute Gasteiger partial charge is 0.460 e. The van der Waals surface area contributed by atoms with Crippen LogP contribution in [0.4, 0.5) is 21.0 Å². The minimum Gasteiger partial charge on any atom is -0.460 e. The number of allylic oxidation sites excluding steroid dienone is 5. The third-order valence-electron chi connectivity index (χ3n) is 18.2. The number of aliphatic hydroxyl groups is 2. The molecule has 1 amide bonds.